The Morgan fingerprint density at radius 2 is 1.79 bits per heavy atom. The minimum Gasteiger partial charge on any atom is -0.481 e. The second kappa shape index (κ2) is 7.97. The van der Waals surface area contributed by atoms with Crippen LogP contribution in [0, 0.1) is 6.92 Å². The molecule has 0 bridgehead atoms. The lowest BCUT2D eigenvalue weighted by molar-refractivity contribution is -0.122. The third-order valence-electron chi connectivity index (χ3n) is 3.12. The molecule has 7 heteroatoms. The van der Waals surface area contributed by atoms with E-state index < -0.39 is 18.6 Å². The van der Waals surface area contributed by atoms with Gasteiger partial charge in [0.1, 0.15) is 11.5 Å². The monoisotopic (exact) mass is 355 g/mol. The van der Waals surface area contributed by atoms with E-state index in [1.54, 1.807) is 19.1 Å². The van der Waals surface area contributed by atoms with Crippen LogP contribution < -0.4 is 14.8 Å². The van der Waals surface area contributed by atoms with Gasteiger partial charge in [0, 0.05) is 5.69 Å². The van der Waals surface area contributed by atoms with Gasteiger partial charge in [-0.25, -0.2) is 0 Å². The average Bonchev–Trinajstić information content (AvgIpc) is 2.52. The second-order valence-corrected chi connectivity index (χ2v) is 5.49. The fourth-order valence-electron chi connectivity index (χ4n) is 1.89. The van der Waals surface area contributed by atoms with Gasteiger partial charge in [-0.3, -0.25) is 4.79 Å². The first kappa shape index (κ1) is 18.0. The zero-order valence-corrected chi connectivity index (χ0v) is 13.8. The quantitative estimate of drug-likeness (QED) is 0.820. The number of aryl methyl sites for hydroxylation is 1. The van der Waals surface area contributed by atoms with Crippen LogP contribution in [-0.4, -0.2) is 18.6 Å². The zero-order valence-electron chi connectivity index (χ0n) is 13.1. The fraction of sp³-hybridized carbons (Fsp3) is 0.235. The molecule has 0 saturated heterocycles. The van der Waals surface area contributed by atoms with E-state index in [1.807, 2.05) is 19.1 Å². The molecule has 0 aromatic heterocycles. The predicted molar refractivity (Wildman–Crippen MR) is 88.0 cm³/mol. The summed E-state index contributed by atoms with van der Waals surface area (Å²) in [6.07, 6.45) is -0.747. The van der Waals surface area contributed by atoms with Crippen molar-refractivity contribution in [3.63, 3.8) is 0 Å². The molecular formula is C17H16ClF2NO3. The van der Waals surface area contributed by atoms with E-state index in [1.165, 1.54) is 18.2 Å². The molecule has 1 unspecified atom stereocenters. The van der Waals surface area contributed by atoms with Crippen molar-refractivity contribution in [2.75, 3.05) is 5.32 Å². The smallest absolute Gasteiger partial charge is 0.387 e. The SMILES string of the molecule is Cc1ccc(OC(C)C(=O)Nc2ccc(OC(F)F)c(Cl)c2)cc1. The lowest BCUT2D eigenvalue weighted by Gasteiger charge is -2.15. The molecule has 0 aliphatic rings. The molecule has 1 N–H and O–H groups in total. The van der Waals surface area contributed by atoms with Crippen LogP contribution in [0.3, 0.4) is 0 Å². The molecule has 0 spiro atoms. The summed E-state index contributed by atoms with van der Waals surface area (Å²) in [6, 6.07) is 11.3. The number of carbonyl (C=O) groups is 1. The number of ether oxygens (including phenoxy) is 2. The molecule has 1 atom stereocenters. The molecule has 0 radical (unpaired) electrons. The number of halogens is 3. The van der Waals surface area contributed by atoms with Crippen molar-refractivity contribution < 1.29 is 23.0 Å². The van der Waals surface area contributed by atoms with Crippen LogP contribution in [0.2, 0.25) is 5.02 Å². The van der Waals surface area contributed by atoms with Gasteiger partial charge < -0.3 is 14.8 Å². The molecule has 0 aliphatic carbocycles. The van der Waals surface area contributed by atoms with Crippen LogP contribution in [0.1, 0.15) is 12.5 Å². The Hall–Kier alpha value is -2.34. The van der Waals surface area contributed by atoms with Crippen molar-refractivity contribution in [3.05, 3.63) is 53.1 Å². The molecule has 2 aromatic carbocycles. The van der Waals surface area contributed by atoms with Crippen molar-refractivity contribution >= 4 is 23.2 Å². The normalized spacial score (nSPS) is 11.9. The highest BCUT2D eigenvalue weighted by Crippen LogP contribution is 2.29. The second-order valence-electron chi connectivity index (χ2n) is 5.09. The molecule has 0 saturated carbocycles. The van der Waals surface area contributed by atoms with Crippen LogP contribution in [0.4, 0.5) is 14.5 Å². The molecule has 2 rings (SSSR count). The van der Waals surface area contributed by atoms with Gasteiger partial charge in [0.25, 0.3) is 5.91 Å². The molecule has 0 heterocycles. The standard InChI is InChI=1S/C17H16ClF2NO3/c1-10-3-6-13(7-4-10)23-11(2)16(22)21-12-5-8-15(14(18)9-12)24-17(19)20/h3-9,11,17H,1-2H3,(H,21,22). The Labute approximate surface area is 143 Å². The molecule has 4 nitrogen and oxygen atoms in total. The molecule has 0 fully saturated rings. The maximum Gasteiger partial charge on any atom is 0.387 e. The summed E-state index contributed by atoms with van der Waals surface area (Å²) >= 11 is 5.84. The van der Waals surface area contributed by atoms with Crippen molar-refractivity contribution in [3.8, 4) is 11.5 Å². The Kier molecular flexibility index (Phi) is 5.98. The van der Waals surface area contributed by atoms with Gasteiger partial charge in [0.05, 0.1) is 5.02 Å². The lowest BCUT2D eigenvalue weighted by atomic mass is 10.2. The third kappa shape index (κ3) is 5.09. The molecule has 0 aliphatic heterocycles. The fourth-order valence-corrected chi connectivity index (χ4v) is 2.11. The van der Waals surface area contributed by atoms with E-state index in [4.69, 9.17) is 16.3 Å². The van der Waals surface area contributed by atoms with Crippen molar-refractivity contribution in [2.24, 2.45) is 0 Å². The highest BCUT2D eigenvalue weighted by Gasteiger charge is 2.16. The van der Waals surface area contributed by atoms with E-state index in [-0.39, 0.29) is 10.8 Å². The number of anilines is 1. The number of hydrogen-bond donors (Lipinski definition) is 1. The van der Waals surface area contributed by atoms with E-state index in [2.05, 4.69) is 10.1 Å². The van der Waals surface area contributed by atoms with Gasteiger partial charge in [0.2, 0.25) is 0 Å². The Bertz CT molecular complexity index is 707. The molecule has 2 aromatic rings. The number of nitrogens with one attached hydrogen (secondary N) is 1. The summed E-state index contributed by atoms with van der Waals surface area (Å²) in [6.45, 7) is 0.585. The topological polar surface area (TPSA) is 47.6 Å². The first-order valence-corrected chi connectivity index (χ1v) is 7.51. The number of hydrogen-bond acceptors (Lipinski definition) is 3. The number of amides is 1. The van der Waals surface area contributed by atoms with E-state index in [0.717, 1.165) is 5.56 Å². The van der Waals surface area contributed by atoms with Crippen LogP contribution in [0.25, 0.3) is 0 Å². The van der Waals surface area contributed by atoms with E-state index in [9.17, 15) is 13.6 Å². The van der Waals surface area contributed by atoms with Crippen LogP contribution in [0.5, 0.6) is 11.5 Å². The molecule has 24 heavy (non-hydrogen) atoms. The van der Waals surface area contributed by atoms with Crippen molar-refractivity contribution in [1.29, 1.82) is 0 Å². The minimum absolute atomic E-state index is 0.0276. The summed E-state index contributed by atoms with van der Waals surface area (Å²) in [5, 5.41) is 2.58. The Balaban J connectivity index is 1.98. The maximum absolute atomic E-state index is 12.2. The van der Waals surface area contributed by atoms with Gasteiger partial charge in [-0.1, -0.05) is 29.3 Å². The van der Waals surface area contributed by atoms with Crippen molar-refractivity contribution in [1.82, 2.24) is 0 Å². The predicted octanol–water partition coefficient (Wildman–Crippen LogP) is 4.66. The summed E-state index contributed by atoms with van der Waals surface area (Å²) in [7, 11) is 0. The summed E-state index contributed by atoms with van der Waals surface area (Å²) in [5.41, 5.74) is 1.44. The summed E-state index contributed by atoms with van der Waals surface area (Å²) in [4.78, 5) is 12.1. The molecule has 1 amide bonds. The number of rotatable bonds is 6. The van der Waals surface area contributed by atoms with Crippen LogP contribution in [-0.2, 0) is 4.79 Å². The molecular weight excluding hydrogens is 340 g/mol. The van der Waals surface area contributed by atoms with Gasteiger partial charge in [-0.05, 0) is 44.2 Å². The summed E-state index contributed by atoms with van der Waals surface area (Å²) < 4.78 is 34.1. The first-order valence-electron chi connectivity index (χ1n) is 7.13. The number of carbonyl (C=O) groups excluding carboxylic acids is 1. The highest BCUT2D eigenvalue weighted by molar-refractivity contribution is 6.32. The zero-order chi connectivity index (χ0) is 17.7. The third-order valence-corrected chi connectivity index (χ3v) is 3.41. The largest absolute Gasteiger partial charge is 0.481 e. The van der Waals surface area contributed by atoms with Crippen LogP contribution in [0.15, 0.2) is 42.5 Å². The van der Waals surface area contributed by atoms with Crippen LogP contribution >= 0.6 is 11.6 Å². The van der Waals surface area contributed by atoms with E-state index >= 15 is 0 Å². The highest BCUT2D eigenvalue weighted by atomic mass is 35.5. The van der Waals surface area contributed by atoms with Gasteiger partial charge in [-0.15, -0.1) is 0 Å². The van der Waals surface area contributed by atoms with E-state index in [0.29, 0.717) is 11.4 Å². The summed E-state index contributed by atoms with van der Waals surface area (Å²) in [5.74, 6) is 0.0183. The first-order chi connectivity index (χ1) is 11.3. The Morgan fingerprint density at radius 1 is 1.12 bits per heavy atom. The maximum atomic E-state index is 12.2. The number of benzene rings is 2. The molecule has 128 valence electrons. The van der Waals surface area contributed by atoms with Crippen molar-refractivity contribution in [2.45, 2.75) is 26.6 Å². The Morgan fingerprint density at radius 3 is 2.38 bits per heavy atom. The van der Waals surface area contributed by atoms with Gasteiger partial charge >= 0.3 is 6.61 Å². The lowest BCUT2D eigenvalue weighted by Crippen LogP contribution is -2.30. The number of alkyl halides is 2. The minimum atomic E-state index is -2.97. The van der Waals surface area contributed by atoms with Gasteiger partial charge in [0.15, 0.2) is 6.10 Å². The van der Waals surface area contributed by atoms with Gasteiger partial charge in [-0.2, -0.15) is 8.78 Å². The average molecular weight is 356 g/mol.